The van der Waals surface area contributed by atoms with Gasteiger partial charge in [-0.2, -0.15) is 0 Å². The summed E-state index contributed by atoms with van der Waals surface area (Å²) in [7, 11) is 0. The second-order valence-corrected chi connectivity index (χ2v) is 9.28. The highest BCUT2D eigenvalue weighted by Crippen LogP contribution is 2.26. The third-order valence-electron chi connectivity index (χ3n) is 6.91. The van der Waals surface area contributed by atoms with Crippen molar-refractivity contribution in [1.82, 2.24) is 19.9 Å². The fraction of sp³-hybridized carbons (Fsp3) is 0.241. The van der Waals surface area contributed by atoms with E-state index >= 15 is 0 Å². The van der Waals surface area contributed by atoms with Crippen LogP contribution in [0.1, 0.15) is 46.5 Å². The van der Waals surface area contributed by atoms with Crippen LogP contribution in [0.5, 0.6) is 0 Å². The molecule has 2 aromatic carbocycles. The Bertz CT molecular complexity index is 1410. The van der Waals surface area contributed by atoms with Crippen molar-refractivity contribution in [3.63, 3.8) is 0 Å². The zero-order chi connectivity index (χ0) is 25.8. The minimum absolute atomic E-state index is 0.0395. The highest BCUT2D eigenvalue weighted by atomic mass is 16.2. The number of hydrogen-bond acceptors (Lipinski definition) is 6. The third kappa shape index (κ3) is 5.23. The quantitative estimate of drug-likeness (QED) is 0.345. The lowest BCUT2D eigenvalue weighted by molar-refractivity contribution is -0.124. The minimum atomic E-state index is -0.577. The number of pyridine rings is 1. The van der Waals surface area contributed by atoms with Crippen LogP contribution in [0.25, 0.3) is 0 Å². The fourth-order valence-corrected chi connectivity index (χ4v) is 4.90. The molecule has 37 heavy (non-hydrogen) atoms. The second-order valence-electron chi connectivity index (χ2n) is 9.28. The first-order valence-electron chi connectivity index (χ1n) is 12.4. The number of carbonyl (C=O) groups excluding carboxylic acids is 1. The second kappa shape index (κ2) is 10.7. The van der Waals surface area contributed by atoms with Crippen LogP contribution >= 0.6 is 0 Å². The minimum Gasteiger partial charge on any atom is -0.384 e. The zero-order valence-electron chi connectivity index (χ0n) is 20.7. The van der Waals surface area contributed by atoms with Crippen LogP contribution in [0.15, 0.2) is 83.8 Å². The Labute approximate surface area is 215 Å². The van der Waals surface area contributed by atoms with Crippen LogP contribution in [0.4, 0.5) is 11.6 Å². The molecular formula is C29H30N6O2. The van der Waals surface area contributed by atoms with E-state index in [4.69, 9.17) is 5.73 Å². The lowest BCUT2D eigenvalue weighted by Gasteiger charge is -2.20. The Hall–Kier alpha value is -4.46. The number of rotatable bonds is 8. The number of aromatic nitrogens is 3. The highest BCUT2D eigenvalue weighted by molar-refractivity contribution is 5.81. The van der Waals surface area contributed by atoms with E-state index in [0.29, 0.717) is 31.7 Å². The van der Waals surface area contributed by atoms with Gasteiger partial charge in [-0.3, -0.25) is 14.2 Å². The van der Waals surface area contributed by atoms with Crippen molar-refractivity contribution in [2.45, 2.75) is 38.3 Å². The summed E-state index contributed by atoms with van der Waals surface area (Å²) in [6.07, 6.45) is 2.88. The molecule has 4 aromatic rings. The number of hydrogen-bond donors (Lipinski definition) is 3. The molecule has 8 heteroatoms. The van der Waals surface area contributed by atoms with Gasteiger partial charge in [0.2, 0.25) is 5.91 Å². The van der Waals surface area contributed by atoms with E-state index in [-0.39, 0.29) is 23.2 Å². The van der Waals surface area contributed by atoms with Crippen molar-refractivity contribution in [1.29, 1.82) is 0 Å². The van der Waals surface area contributed by atoms with Crippen molar-refractivity contribution >= 4 is 17.5 Å². The Morgan fingerprint density at radius 3 is 2.38 bits per heavy atom. The number of nitrogen functional groups attached to an aromatic ring is 1. The summed E-state index contributed by atoms with van der Waals surface area (Å²) in [5, 5.41) is 6.24. The fourth-order valence-electron chi connectivity index (χ4n) is 4.90. The van der Waals surface area contributed by atoms with E-state index in [9.17, 15) is 9.59 Å². The molecule has 1 atom stereocenters. The van der Waals surface area contributed by atoms with Crippen molar-refractivity contribution in [3.8, 4) is 0 Å². The van der Waals surface area contributed by atoms with Gasteiger partial charge in [0.15, 0.2) is 5.82 Å². The summed E-state index contributed by atoms with van der Waals surface area (Å²) in [6.45, 7) is 2.68. The van der Waals surface area contributed by atoms with Gasteiger partial charge in [0.05, 0.1) is 0 Å². The highest BCUT2D eigenvalue weighted by Gasteiger charge is 2.30. The molecule has 8 nitrogen and oxygen atoms in total. The van der Waals surface area contributed by atoms with Gasteiger partial charge in [-0.25, -0.2) is 9.97 Å². The van der Waals surface area contributed by atoms with Crippen LogP contribution < -0.4 is 21.9 Å². The SMILES string of the molecule is Cc1nc(N)ccc1CNC(=O)[C@@H]1CCc2cnc(NCC(c3ccccc3)c3ccccc3)c(=O)n21. The topological polar surface area (TPSA) is 115 Å². The molecule has 3 heterocycles. The Balaban J connectivity index is 1.33. The molecule has 1 aliphatic heterocycles. The molecule has 0 aliphatic carbocycles. The molecule has 0 saturated heterocycles. The number of amides is 1. The standard InChI is InChI=1S/C29H30N6O2/c1-19-22(12-15-26(30)34-19)16-33-28(36)25-14-13-23-17-31-27(29(37)35(23)25)32-18-24(20-8-4-2-5-9-20)21-10-6-3-7-11-21/h2-12,15,17,24-25H,13-14,16,18H2,1H3,(H2,30,34)(H,31,32)(H,33,36)/t25-/m0/s1. The molecule has 0 bridgehead atoms. The number of nitrogens with zero attached hydrogens (tertiary/aromatic N) is 3. The summed E-state index contributed by atoms with van der Waals surface area (Å²) in [4.78, 5) is 35.2. The molecule has 4 N–H and O–H groups in total. The van der Waals surface area contributed by atoms with Gasteiger partial charge in [0, 0.05) is 36.6 Å². The number of nitrogens with one attached hydrogen (secondary N) is 2. The summed E-state index contributed by atoms with van der Waals surface area (Å²) < 4.78 is 1.58. The maximum absolute atomic E-state index is 13.5. The van der Waals surface area contributed by atoms with Gasteiger partial charge in [-0.15, -0.1) is 0 Å². The van der Waals surface area contributed by atoms with Crippen LogP contribution in [-0.2, 0) is 17.8 Å². The molecule has 188 valence electrons. The molecule has 0 unspecified atom stereocenters. The van der Waals surface area contributed by atoms with Gasteiger partial charge in [0.1, 0.15) is 11.9 Å². The summed E-state index contributed by atoms with van der Waals surface area (Å²) >= 11 is 0. The van der Waals surface area contributed by atoms with E-state index in [0.717, 1.165) is 28.1 Å². The molecule has 0 fully saturated rings. The van der Waals surface area contributed by atoms with E-state index < -0.39 is 6.04 Å². The summed E-state index contributed by atoms with van der Waals surface area (Å²) in [6, 6.07) is 23.4. The number of aryl methyl sites for hydroxylation is 2. The average Bonchev–Trinajstić information content (AvgIpc) is 3.36. The molecule has 1 aliphatic rings. The first-order valence-corrected chi connectivity index (χ1v) is 12.4. The van der Waals surface area contributed by atoms with Gasteiger partial charge in [-0.1, -0.05) is 66.7 Å². The van der Waals surface area contributed by atoms with Crippen molar-refractivity contribution in [3.05, 3.63) is 117 Å². The average molecular weight is 495 g/mol. The van der Waals surface area contributed by atoms with Crippen LogP contribution in [0.2, 0.25) is 0 Å². The maximum atomic E-state index is 13.5. The summed E-state index contributed by atoms with van der Waals surface area (Å²) in [5.41, 5.74) is 10.2. The maximum Gasteiger partial charge on any atom is 0.294 e. The molecule has 5 rings (SSSR count). The molecule has 2 aromatic heterocycles. The predicted molar refractivity (Wildman–Crippen MR) is 144 cm³/mol. The lowest BCUT2D eigenvalue weighted by atomic mass is 9.91. The number of benzene rings is 2. The Kier molecular flexibility index (Phi) is 6.98. The number of fused-ring (bicyclic) bond motifs is 1. The van der Waals surface area contributed by atoms with Crippen molar-refractivity contribution < 1.29 is 4.79 Å². The molecule has 0 spiro atoms. The van der Waals surface area contributed by atoms with Gasteiger partial charge >= 0.3 is 0 Å². The van der Waals surface area contributed by atoms with Crippen LogP contribution in [0.3, 0.4) is 0 Å². The van der Waals surface area contributed by atoms with Crippen molar-refractivity contribution in [2.75, 3.05) is 17.6 Å². The van der Waals surface area contributed by atoms with E-state index in [2.05, 4.69) is 44.9 Å². The third-order valence-corrected chi connectivity index (χ3v) is 6.91. The Morgan fingerprint density at radius 2 is 1.73 bits per heavy atom. The monoisotopic (exact) mass is 494 g/mol. The first-order chi connectivity index (χ1) is 18.0. The summed E-state index contributed by atoms with van der Waals surface area (Å²) in [5.74, 6) is 0.537. The smallest absolute Gasteiger partial charge is 0.294 e. The molecule has 1 amide bonds. The number of carbonyl (C=O) groups is 1. The Morgan fingerprint density at radius 1 is 1.05 bits per heavy atom. The van der Waals surface area contributed by atoms with Crippen LogP contribution in [0, 0.1) is 6.92 Å². The van der Waals surface area contributed by atoms with Crippen molar-refractivity contribution in [2.24, 2.45) is 0 Å². The van der Waals surface area contributed by atoms with E-state index in [1.807, 2.05) is 49.4 Å². The van der Waals surface area contributed by atoms with Gasteiger partial charge in [0.25, 0.3) is 5.56 Å². The van der Waals surface area contributed by atoms with E-state index in [1.54, 1.807) is 16.8 Å². The molecular weight excluding hydrogens is 464 g/mol. The predicted octanol–water partition coefficient (Wildman–Crippen LogP) is 3.58. The molecule has 0 radical (unpaired) electrons. The first kappa shape index (κ1) is 24.2. The number of nitrogens with two attached hydrogens (primary N) is 1. The normalized spacial score (nSPS) is 14.4. The number of anilines is 2. The largest absolute Gasteiger partial charge is 0.384 e. The zero-order valence-corrected chi connectivity index (χ0v) is 20.7. The van der Waals surface area contributed by atoms with Crippen LogP contribution in [-0.4, -0.2) is 27.0 Å². The van der Waals surface area contributed by atoms with E-state index in [1.165, 1.54) is 0 Å². The van der Waals surface area contributed by atoms with Gasteiger partial charge in [-0.05, 0) is 42.5 Å². The molecule has 0 saturated carbocycles. The van der Waals surface area contributed by atoms with Gasteiger partial charge < -0.3 is 16.4 Å². The lowest BCUT2D eigenvalue weighted by Crippen LogP contribution is -2.36.